The second-order valence-corrected chi connectivity index (χ2v) is 9.35. The molecule has 1 N–H and O–H groups in total. The molecule has 0 spiro atoms. The van der Waals surface area contributed by atoms with Crippen molar-refractivity contribution in [3.63, 3.8) is 0 Å². The molecule has 1 aromatic heterocycles. The van der Waals surface area contributed by atoms with Crippen LogP contribution in [0.1, 0.15) is 18.7 Å². The number of carbonyl (C=O) groups is 1. The summed E-state index contributed by atoms with van der Waals surface area (Å²) in [5.74, 6) is -0.387. The van der Waals surface area contributed by atoms with Crippen molar-refractivity contribution in [2.45, 2.75) is 31.4 Å². The molecule has 9 heteroatoms. The van der Waals surface area contributed by atoms with Crippen molar-refractivity contribution < 1.29 is 22.7 Å². The highest BCUT2D eigenvalue weighted by atomic mass is 35.5. The normalized spacial score (nSPS) is 12.8. The van der Waals surface area contributed by atoms with Crippen LogP contribution in [0.3, 0.4) is 0 Å². The first-order valence-electron chi connectivity index (χ1n) is 7.80. The standard InChI is InChI=1S/C17H20ClNO5S2/c1-11(2)16(17(20)24-10-13-6-9-15(18)25-13)19-26(21,22)14-7-4-12(23-3)5-8-14/h4-9,11,16,19H,10H2,1-3H3/t16-/m0/s1. The van der Waals surface area contributed by atoms with Crippen LogP contribution in [-0.2, 0) is 26.2 Å². The van der Waals surface area contributed by atoms with Gasteiger partial charge in [0, 0.05) is 4.88 Å². The number of methoxy groups -OCH3 is 1. The van der Waals surface area contributed by atoms with E-state index in [2.05, 4.69) is 4.72 Å². The molecule has 1 atom stereocenters. The second kappa shape index (κ2) is 8.85. The van der Waals surface area contributed by atoms with E-state index in [0.717, 1.165) is 4.88 Å². The molecule has 0 radical (unpaired) electrons. The van der Waals surface area contributed by atoms with Gasteiger partial charge in [0.15, 0.2) is 0 Å². The summed E-state index contributed by atoms with van der Waals surface area (Å²) in [5.41, 5.74) is 0. The Morgan fingerprint density at radius 3 is 2.35 bits per heavy atom. The van der Waals surface area contributed by atoms with Crippen LogP contribution >= 0.6 is 22.9 Å². The number of thiophene rings is 1. The van der Waals surface area contributed by atoms with E-state index < -0.39 is 22.0 Å². The first-order valence-corrected chi connectivity index (χ1v) is 10.5. The molecule has 1 aromatic carbocycles. The zero-order valence-corrected chi connectivity index (χ0v) is 17.0. The topological polar surface area (TPSA) is 81.7 Å². The Hall–Kier alpha value is -1.61. The molecule has 6 nitrogen and oxygen atoms in total. The quantitative estimate of drug-likeness (QED) is 0.665. The number of sulfonamides is 1. The lowest BCUT2D eigenvalue weighted by atomic mass is 10.1. The summed E-state index contributed by atoms with van der Waals surface area (Å²) in [4.78, 5) is 13.2. The summed E-state index contributed by atoms with van der Waals surface area (Å²) < 4.78 is 38.4. The second-order valence-electron chi connectivity index (χ2n) is 5.83. The van der Waals surface area contributed by atoms with Crippen LogP contribution in [0.2, 0.25) is 4.34 Å². The van der Waals surface area contributed by atoms with Crippen molar-refractivity contribution in [2.75, 3.05) is 7.11 Å². The number of esters is 1. The highest BCUT2D eigenvalue weighted by Crippen LogP contribution is 2.22. The highest BCUT2D eigenvalue weighted by molar-refractivity contribution is 7.89. The maximum Gasteiger partial charge on any atom is 0.324 e. The number of benzene rings is 1. The largest absolute Gasteiger partial charge is 0.497 e. The molecular formula is C17H20ClNO5S2. The molecule has 0 fully saturated rings. The molecule has 2 aromatic rings. The minimum Gasteiger partial charge on any atom is -0.497 e. The van der Waals surface area contributed by atoms with Crippen LogP contribution < -0.4 is 9.46 Å². The van der Waals surface area contributed by atoms with Crippen molar-refractivity contribution >= 4 is 38.9 Å². The minimum atomic E-state index is -3.88. The number of hydrogen-bond acceptors (Lipinski definition) is 6. The summed E-state index contributed by atoms with van der Waals surface area (Å²) in [5, 5.41) is 0. The molecule has 0 saturated heterocycles. The van der Waals surface area contributed by atoms with Gasteiger partial charge in [0.2, 0.25) is 10.0 Å². The van der Waals surface area contributed by atoms with E-state index >= 15 is 0 Å². The van der Waals surface area contributed by atoms with E-state index in [1.54, 1.807) is 26.0 Å². The summed E-state index contributed by atoms with van der Waals surface area (Å²) >= 11 is 7.14. The van der Waals surface area contributed by atoms with Crippen LogP contribution in [-0.4, -0.2) is 27.5 Å². The Kier molecular flexibility index (Phi) is 7.05. The lowest BCUT2D eigenvalue weighted by Gasteiger charge is -2.20. The lowest BCUT2D eigenvalue weighted by molar-refractivity contribution is -0.148. The average Bonchev–Trinajstić information content (AvgIpc) is 3.03. The molecule has 0 amide bonds. The number of rotatable bonds is 8. The fraction of sp³-hybridized carbons (Fsp3) is 0.353. The number of carbonyl (C=O) groups excluding carboxylic acids is 1. The molecule has 0 aliphatic carbocycles. The van der Waals surface area contributed by atoms with Crippen molar-refractivity contribution in [3.8, 4) is 5.75 Å². The highest BCUT2D eigenvalue weighted by Gasteiger charge is 2.29. The van der Waals surface area contributed by atoms with Gasteiger partial charge in [-0.2, -0.15) is 4.72 Å². The third-order valence-corrected chi connectivity index (χ3v) is 6.22. The number of ether oxygens (including phenoxy) is 2. The third-order valence-electron chi connectivity index (χ3n) is 3.56. The Labute approximate surface area is 162 Å². The first-order chi connectivity index (χ1) is 12.2. The molecule has 0 saturated carbocycles. The third kappa shape index (κ3) is 5.44. The van der Waals surface area contributed by atoms with Gasteiger partial charge in [-0.1, -0.05) is 25.4 Å². The van der Waals surface area contributed by atoms with Gasteiger partial charge in [0.25, 0.3) is 0 Å². The SMILES string of the molecule is COc1ccc(S(=O)(=O)N[C@H](C(=O)OCc2ccc(Cl)s2)C(C)C)cc1. The van der Waals surface area contributed by atoms with Gasteiger partial charge in [-0.25, -0.2) is 8.42 Å². The van der Waals surface area contributed by atoms with Crippen molar-refractivity contribution in [2.24, 2.45) is 5.92 Å². The van der Waals surface area contributed by atoms with E-state index in [0.29, 0.717) is 10.1 Å². The van der Waals surface area contributed by atoms with E-state index in [1.165, 1.54) is 42.7 Å². The molecule has 2 rings (SSSR count). The van der Waals surface area contributed by atoms with Crippen LogP contribution in [0, 0.1) is 5.92 Å². The summed E-state index contributed by atoms with van der Waals surface area (Å²) in [6.07, 6.45) is 0. The maximum atomic E-state index is 12.6. The predicted molar refractivity (Wildman–Crippen MR) is 101 cm³/mol. The predicted octanol–water partition coefficient (Wildman–Crippen LogP) is 3.46. The van der Waals surface area contributed by atoms with E-state index in [9.17, 15) is 13.2 Å². The van der Waals surface area contributed by atoms with Gasteiger partial charge in [-0.05, 0) is 42.3 Å². The van der Waals surface area contributed by atoms with Gasteiger partial charge < -0.3 is 9.47 Å². The van der Waals surface area contributed by atoms with Crippen molar-refractivity contribution in [1.82, 2.24) is 4.72 Å². The molecule has 0 aliphatic rings. The van der Waals surface area contributed by atoms with Crippen molar-refractivity contribution in [1.29, 1.82) is 0 Å². The zero-order chi connectivity index (χ0) is 19.3. The molecule has 0 bridgehead atoms. The Morgan fingerprint density at radius 1 is 1.19 bits per heavy atom. The van der Waals surface area contributed by atoms with E-state index in [4.69, 9.17) is 21.1 Å². The average molecular weight is 418 g/mol. The van der Waals surface area contributed by atoms with Gasteiger partial charge >= 0.3 is 5.97 Å². The van der Waals surface area contributed by atoms with Crippen LogP contribution in [0.15, 0.2) is 41.3 Å². The summed E-state index contributed by atoms with van der Waals surface area (Å²) in [6.45, 7) is 3.53. The maximum absolute atomic E-state index is 12.6. The lowest BCUT2D eigenvalue weighted by Crippen LogP contribution is -2.45. The number of hydrogen-bond donors (Lipinski definition) is 1. The van der Waals surface area contributed by atoms with Gasteiger partial charge in [0.1, 0.15) is 18.4 Å². The first kappa shape index (κ1) is 20.7. The van der Waals surface area contributed by atoms with Crippen LogP contribution in [0.5, 0.6) is 5.75 Å². The molecule has 26 heavy (non-hydrogen) atoms. The van der Waals surface area contributed by atoms with Crippen molar-refractivity contribution in [3.05, 3.63) is 45.6 Å². The minimum absolute atomic E-state index is 0.0433. The smallest absolute Gasteiger partial charge is 0.324 e. The van der Waals surface area contributed by atoms with E-state index in [-0.39, 0.29) is 17.4 Å². The number of nitrogens with one attached hydrogen (secondary N) is 1. The summed E-state index contributed by atoms with van der Waals surface area (Å²) in [6, 6.07) is 8.37. The Balaban J connectivity index is 2.08. The Morgan fingerprint density at radius 2 is 1.85 bits per heavy atom. The Bertz CT molecular complexity index is 846. The monoisotopic (exact) mass is 417 g/mol. The molecular weight excluding hydrogens is 398 g/mol. The summed E-state index contributed by atoms with van der Waals surface area (Å²) in [7, 11) is -2.38. The fourth-order valence-corrected chi connectivity index (χ4v) is 4.44. The van der Waals surface area contributed by atoms with Gasteiger partial charge in [-0.3, -0.25) is 4.79 Å². The molecule has 1 heterocycles. The molecule has 0 unspecified atom stereocenters. The van der Waals surface area contributed by atoms with Gasteiger partial charge in [-0.15, -0.1) is 11.3 Å². The zero-order valence-electron chi connectivity index (χ0n) is 14.6. The van der Waals surface area contributed by atoms with E-state index in [1.807, 2.05) is 0 Å². The van der Waals surface area contributed by atoms with Crippen LogP contribution in [0.25, 0.3) is 0 Å². The van der Waals surface area contributed by atoms with Gasteiger partial charge in [0.05, 0.1) is 16.3 Å². The van der Waals surface area contributed by atoms with Crippen LogP contribution in [0.4, 0.5) is 0 Å². The number of halogens is 1. The fourth-order valence-electron chi connectivity index (χ4n) is 2.11. The molecule has 0 aliphatic heterocycles. The molecule has 142 valence electrons.